The molecule has 0 saturated carbocycles. The zero-order valence-corrected chi connectivity index (χ0v) is 6.08. The predicted molar refractivity (Wildman–Crippen MR) is 41.8 cm³/mol. The maximum absolute atomic E-state index is 9.96. The van der Waals surface area contributed by atoms with Gasteiger partial charge in [-0.1, -0.05) is 35.9 Å². The van der Waals surface area contributed by atoms with Gasteiger partial charge in [0, 0.05) is 11.0 Å². The standard InChI is InChI=1S/C8H7ClO/c9-8(5-6-10)7-3-1-2-4-7/h1-7H. The van der Waals surface area contributed by atoms with Crippen LogP contribution < -0.4 is 0 Å². The molecule has 0 heterocycles. The summed E-state index contributed by atoms with van der Waals surface area (Å²) in [5, 5.41) is 0.569. The average molecular weight is 155 g/mol. The molecule has 0 saturated heterocycles. The number of rotatable bonds is 2. The largest absolute Gasteiger partial charge is 0.299 e. The highest BCUT2D eigenvalue weighted by atomic mass is 35.5. The maximum atomic E-state index is 9.96. The van der Waals surface area contributed by atoms with Crippen molar-refractivity contribution in [1.29, 1.82) is 0 Å². The van der Waals surface area contributed by atoms with Crippen molar-refractivity contribution in [3.8, 4) is 0 Å². The summed E-state index contributed by atoms with van der Waals surface area (Å²) < 4.78 is 0. The number of hydrogen-bond acceptors (Lipinski definition) is 1. The molecule has 1 rings (SSSR count). The lowest BCUT2D eigenvalue weighted by Gasteiger charge is -1.99. The summed E-state index contributed by atoms with van der Waals surface area (Å²) in [6.07, 6.45) is 9.75. The second-order valence-corrected chi connectivity index (χ2v) is 2.42. The van der Waals surface area contributed by atoms with E-state index in [2.05, 4.69) is 0 Å². The van der Waals surface area contributed by atoms with Crippen LogP contribution in [0.5, 0.6) is 0 Å². The molecule has 0 aromatic carbocycles. The third-order valence-corrected chi connectivity index (χ3v) is 1.67. The quantitative estimate of drug-likeness (QED) is 0.440. The smallest absolute Gasteiger partial charge is 0.144 e. The third kappa shape index (κ3) is 1.58. The van der Waals surface area contributed by atoms with Crippen molar-refractivity contribution in [1.82, 2.24) is 0 Å². The highest BCUT2D eigenvalue weighted by Crippen LogP contribution is 2.21. The molecule has 52 valence electrons. The Morgan fingerprint density at radius 2 is 2.00 bits per heavy atom. The van der Waals surface area contributed by atoms with Gasteiger partial charge < -0.3 is 0 Å². The summed E-state index contributed by atoms with van der Waals surface area (Å²) in [6, 6.07) is 0. The first-order valence-electron chi connectivity index (χ1n) is 3.00. The zero-order valence-electron chi connectivity index (χ0n) is 5.33. The summed E-state index contributed by atoms with van der Waals surface area (Å²) in [5.41, 5.74) is 0. The molecule has 0 aromatic rings. The predicted octanol–water partition coefficient (Wildman–Crippen LogP) is 2.05. The van der Waals surface area contributed by atoms with E-state index in [1.807, 2.05) is 24.3 Å². The Bertz CT molecular complexity index is 201. The number of carbonyl (C=O) groups excluding carboxylic acids is 1. The van der Waals surface area contributed by atoms with Crippen LogP contribution >= 0.6 is 11.6 Å². The van der Waals surface area contributed by atoms with Gasteiger partial charge in [0.2, 0.25) is 0 Å². The number of allylic oxidation sites excluding steroid dienone is 6. The molecule has 0 N–H and O–H groups in total. The molecular weight excluding hydrogens is 148 g/mol. The molecule has 0 atom stereocenters. The molecule has 1 aliphatic carbocycles. The van der Waals surface area contributed by atoms with E-state index in [0.717, 1.165) is 0 Å². The molecule has 10 heavy (non-hydrogen) atoms. The minimum atomic E-state index is 0.117. The van der Waals surface area contributed by atoms with E-state index in [1.165, 1.54) is 6.08 Å². The summed E-state index contributed by atoms with van der Waals surface area (Å²) in [4.78, 5) is 9.96. The van der Waals surface area contributed by atoms with Gasteiger partial charge in [0.15, 0.2) is 0 Å². The number of carbonyl (C=O) groups is 1. The van der Waals surface area contributed by atoms with Crippen LogP contribution in [-0.4, -0.2) is 6.29 Å². The molecule has 1 aliphatic rings. The number of hydrogen-bond donors (Lipinski definition) is 0. The molecule has 2 heteroatoms. The van der Waals surface area contributed by atoms with Crippen LogP contribution in [0.15, 0.2) is 35.4 Å². The van der Waals surface area contributed by atoms with E-state index in [-0.39, 0.29) is 5.92 Å². The van der Waals surface area contributed by atoms with Crippen LogP contribution in [0.3, 0.4) is 0 Å². The monoisotopic (exact) mass is 154 g/mol. The van der Waals surface area contributed by atoms with Gasteiger partial charge in [-0.05, 0) is 6.08 Å². The highest BCUT2D eigenvalue weighted by Gasteiger charge is 2.06. The van der Waals surface area contributed by atoms with Gasteiger partial charge in [-0.3, -0.25) is 4.79 Å². The normalized spacial score (nSPS) is 18.3. The molecule has 0 aliphatic heterocycles. The fourth-order valence-corrected chi connectivity index (χ4v) is 0.989. The van der Waals surface area contributed by atoms with Gasteiger partial charge in [-0.15, -0.1) is 0 Å². The highest BCUT2D eigenvalue weighted by molar-refractivity contribution is 6.31. The van der Waals surface area contributed by atoms with Crippen molar-refractivity contribution in [3.63, 3.8) is 0 Å². The Kier molecular flexibility index (Phi) is 2.46. The minimum absolute atomic E-state index is 0.117. The van der Waals surface area contributed by atoms with Crippen LogP contribution in [0.4, 0.5) is 0 Å². The first-order chi connectivity index (χ1) is 4.84. The van der Waals surface area contributed by atoms with Crippen molar-refractivity contribution in [2.45, 2.75) is 0 Å². The van der Waals surface area contributed by atoms with E-state index in [4.69, 9.17) is 11.6 Å². The van der Waals surface area contributed by atoms with Crippen LogP contribution in [0.25, 0.3) is 0 Å². The molecular formula is C8H7ClO. The van der Waals surface area contributed by atoms with Crippen LogP contribution in [0.2, 0.25) is 0 Å². The summed E-state index contributed by atoms with van der Waals surface area (Å²) in [7, 11) is 0. The van der Waals surface area contributed by atoms with Crippen LogP contribution in [0, 0.1) is 5.92 Å². The second-order valence-electron chi connectivity index (χ2n) is 1.98. The summed E-state index contributed by atoms with van der Waals surface area (Å²) >= 11 is 5.71. The maximum Gasteiger partial charge on any atom is 0.144 e. The Hall–Kier alpha value is -0.820. The molecule has 0 fully saturated rings. The Morgan fingerprint density at radius 1 is 1.40 bits per heavy atom. The van der Waals surface area contributed by atoms with Crippen molar-refractivity contribution in [2.24, 2.45) is 5.92 Å². The summed E-state index contributed by atoms with van der Waals surface area (Å²) in [5.74, 6) is 0.117. The molecule has 1 nitrogen and oxygen atoms in total. The minimum Gasteiger partial charge on any atom is -0.299 e. The molecule has 0 bridgehead atoms. The SMILES string of the molecule is O=CC=C(Cl)C1C=CC=C1. The number of halogens is 1. The van der Waals surface area contributed by atoms with E-state index in [1.54, 1.807) is 0 Å². The van der Waals surface area contributed by atoms with E-state index < -0.39 is 0 Å². The Labute approximate surface area is 64.7 Å². The lowest BCUT2D eigenvalue weighted by Crippen LogP contribution is -1.87. The van der Waals surface area contributed by atoms with Crippen molar-refractivity contribution in [3.05, 3.63) is 35.4 Å². The Morgan fingerprint density at radius 3 is 2.50 bits per heavy atom. The molecule has 0 unspecified atom stereocenters. The molecule has 0 spiro atoms. The van der Waals surface area contributed by atoms with Gasteiger partial charge in [0.05, 0.1) is 0 Å². The lowest BCUT2D eigenvalue weighted by atomic mass is 10.1. The van der Waals surface area contributed by atoms with Gasteiger partial charge in [-0.2, -0.15) is 0 Å². The molecule has 0 aromatic heterocycles. The van der Waals surface area contributed by atoms with E-state index in [9.17, 15) is 4.79 Å². The zero-order chi connectivity index (χ0) is 7.40. The van der Waals surface area contributed by atoms with Gasteiger partial charge in [-0.25, -0.2) is 0 Å². The molecule has 0 radical (unpaired) electrons. The van der Waals surface area contributed by atoms with Crippen molar-refractivity contribution >= 4 is 17.9 Å². The van der Waals surface area contributed by atoms with Crippen LogP contribution in [-0.2, 0) is 4.79 Å². The Balaban J connectivity index is 2.65. The lowest BCUT2D eigenvalue weighted by molar-refractivity contribution is -0.104. The fraction of sp³-hybridized carbons (Fsp3) is 0.125. The van der Waals surface area contributed by atoms with Gasteiger partial charge >= 0.3 is 0 Å². The molecule has 0 amide bonds. The van der Waals surface area contributed by atoms with Crippen molar-refractivity contribution < 1.29 is 4.79 Å². The second kappa shape index (κ2) is 3.37. The topological polar surface area (TPSA) is 17.1 Å². The third-order valence-electron chi connectivity index (χ3n) is 1.29. The van der Waals surface area contributed by atoms with Gasteiger partial charge in [0.25, 0.3) is 0 Å². The van der Waals surface area contributed by atoms with E-state index >= 15 is 0 Å². The first kappa shape index (κ1) is 7.29. The fourth-order valence-electron chi connectivity index (χ4n) is 0.792. The summed E-state index contributed by atoms with van der Waals surface area (Å²) in [6.45, 7) is 0. The van der Waals surface area contributed by atoms with Gasteiger partial charge in [0.1, 0.15) is 6.29 Å². The first-order valence-corrected chi connectivity index (χ1v) is 3.38. The van der Waals surface area contributed by atoms with Crippen LogP contribution in [0.1, 0.15) is 0 Å². The average Bonchev–Trinajstić information content (AvgIpc) is 2.38. The van der Waals surface area contributed by atoms with E-state index in [0.29, 0.717) is 11.3 Å². The van der Waals surface area contributed by atoms with Crippen molar-refractivity contribution in [2.75, 3.05) is 0 Å². The number of aldehydes is 1.